The van der Waals surface area contributed by atoms with Gasteiger partial charge in [0.1, 0.15) is 0 Å². The Balaban J connectivity index is 0.000000291. The van der Waals surface area contributed by atoms with E-state index in [9.17, 15) is 0 Å². The van der Waals surface area contributed by atoms with E-state index in [2.05, 4.69) is 29.3 Å². The zero-order valence-electron chi connectivity index (χ0n) is 6.76. The summed E-state index contributed by atoms with van der Waals surface area (Å²) in [5, 5.41) is 4.18. The predicted octanol–water partition coefficient (Wildman–Crippen LogP) is 1.32. The smallest absolute Gasteiger partial charge is 0.0375 e. The summed E-state index contributed by atoms with van der Waals surface area (Å²) in [6.07, 6.45) is 4.18. The van der Waals surface area contributed by atoms with Crippen LogP contribution in [0.5, 0.6) is 0 Å². The fraction of sp³-hybridized carbons (Fsp3) is 0.714. The molecule has 1 aliphatic heterocycles. The SMILES string of the molecule is CC.CN1C=CCN1C. The predicted molar refractivity (Wildman–Crippen MR) is 40.9 cm³/mol. The highest BCUT2D eigenvalue weighted by Crippen LogP contribution is 1.98. The molecule has 1 rings (SSSR count). The Morgan fingerprint density at radius 1 is 1.22 bits per heavy atom. The van der Waals surface area contributed by atoms with E-state index < -0.39 is 0 Å². The van der Waals surface area contributed by atoms with Crippen LogP contribution in [0, 0.1) is 0 Å². The lowest BCUT2D eigenvalue weighted by Gasteiger charge is -2.18. The Labute approximate surface area is 57.7 Å². The minimum atomic E-state index is 1.05. The highest BCUT2D eigenvalue weighted by molar-refractivity contribution is 4.88. The molecule has 0 spiro atoms. The molecule has 0 atom stereocenters. The van der Waals surface area contributed by atoms with Gasteiger partial charge in [0.15, 0.2) is 0 Å². The largest absolute Gasteiger partial charge is 0.316 e. The lowest BCUT2D eigenvalue weighted by molar-refractivity contribution is 0.117. The van der Waals surface area contributed by atoms with Crippen LogP contribution in [0.2, 0.25) is 0 Å². The zero-order valence-corrected chi connectivity index (χ0v) is 6.76. The minimum Gasteiger partial charge on any atom is -0.316 e. The summed E-state index contributed by atoms with van der Waals surface area (Å²) < 4.78 is 0. The van der Waals surface area contributed by atoms with E-state index in [1.807, 2.05) is 20.9 Å². The van der Waals surface area contributed by atoms with Crippen LogP contribution >= 0.6 is 0 Å². The van der Waals surface area contributed by atoms with Crippen molar-refractivity contribution < 1.29 is 0 Å². The number of hydrazine groups is 1. The summed E-state index contributed by atoms with van der Waals surface area (Å²) in [4.78, 5) is 0. The maximum atomic E-state index is 2.12. The zero-order chi connectivity index (χ0) is 7.28. The molecule has 0 aromatic rings. The van der Waals surface area contributed by atoms with Crippen LogP contribution < -0.4 is 0 Å². The molecular formula is C7H16N2. The van der Waals surface area contributed by atoms with Crippen molar-refractivity contribution in [1.29, 1.82) is 0 Å². The summed E-state index contributed by atoms with van der Waals surface area (Å²) in [5.41, 5.74) is 0. The molecule has 0 saturated carbocycles. The molecule has 1 heterocycles. The molecule has 2 heteroatoms. The van der Waals surface area contributed by atoms with Crippen molar-refractivity contribution >= 4 is 0 Å². The second-order valence-electron chi connectivity index (χ2n) is 1.80. The Bertz CT molecular complexity index is 88.9. The second-order valence-corrected chi connectivity index (χ2v) is 1.80. The van der Waals surface area contributed by atoms with Gasteiger partial charge in [-0.1, -0.05) is 19.9 Å². The third kappa shape index (κ3) is 2.51. The van der Waals surface area contributed by atoms with E-state index in [0.29, 0.717) is 0 Å². The number of likely N-dealkylation sites (N-methyl/N-ethyl adjacent to an activating group) is 1. The molecule has 9 heavy (non-hydrogen) atoms. The molecule has 0 amide bonds. The average molecular weight is 128 g/mol. The molecule has 0 aliphatic carbocycles. The van der Waals surface area contributed by atoms with Crippen LogP contribution in [0.3, 0.4) is 0 Å². The van der Waals surface area contributed by atoms with Gasteiger partial charge in [-0.25, -0.2) is 5.01 Å². The quantitative estimate of drug-likeness (QED) is 0.485. The van der Waals surface area contributed by atoms with Gasteiger partial charge < -0.3 is 5.01 Å². The van der Waals surface area contributed by atoms with Crippen LogP contribution in [-0.2, 0) is 0 Å². The van der Waals surface area contributed by atoms with Crippen molar-refractivity contribution in [3.05, 3.63) is 12.3 Å². The lowest BCUT2D eigenvalue weighted by Crippen LogP contribution is -2.27. The molecule has 0 bridgehead atoms. The minimum absolute atomic E-state index is 1.05. The van der Waals surface area contributed by atoms with Crippen molar-refractivity contribution in [1.82, 2.24) is 10.0 Å². The van der Waals surface area contributed by atoms with Gasteiger partial charge in [0.05, 0.1) is 0 Å². The monoisotopic (exact) mass is 128 g/mol. The van der Waals surface area contributed by atoms with Crippen molar-refractivity contribution in [3.63, 3.8) is 0 Å². The third-order valence-electron chi connectivity index (χ3n) is 1.23. The second kappa shape index (κ2) is 4.39. The van der Waals surface area contributed by atoms with E-state index >= 15 is 0 Å². The normalized spacial score (nSPS) is 17.6. The van der Waals surface area contributed by atoms with Crippen LogP contribution in [-0.4, -0.2) is 30.7 Å². The van der Waals surface area contributed by atoms with Crippen LogP contribution in [0.4, 0.5) is 0 Å². The Morgan fingerprint density at radius 3 is 1.89 bits per heavy atom. The van der Waals surface area contributed by atoms with E-state index in [0.717, 1.165) is 6.54 Å². The number of rotatable bonds is 0. The Morgan fingerprint density at radius 2 is 1.78 bits per heavy atom. The molecule has 0 unspecified atom stereocenters. The molecule has 0 aromatic heterocycles. The van der Waals surface area contributed by atoms with Gasteiger partial charge in [-0.3, -0.25) is 0 Å². The standard InChI is InChI=1S/C5H10N2.C2H6/c1-6-4-3-5-7(6)2;1-2/h3-4H,5H2,1-2H3;1-2H3. The van der Waals surface area contributed by atoms with Gasteiger partial charge in [0.2, 0.25) is 0 Å². The third-order valence-corrected chi connectivity index (χ3v) is 1.23. The maximum Gasteiger partial charge on any atom is 0.0375 e. The summed E-state index contributed by atoms with van der Waals surface area (Å²) in [7, 11) is 4.09. The maximum absolute atomic E-state index is 2.12. The fourth-order valence-electron chi connectivity index (χ4n) is 0.595. The average Bonchev–Trinajstić information content (AvgIpc) is 2.23. The van der Waals surface area contributed by atoms with Gasteiger partial charge >= 0.3 is 0 Å². The topological polar surface area (TPSA) is 6.48 Å². The first-order valence-corrected chi connectivity index (χ1v) is 3.41. The molecule has 0 aromatic carbocycles. The number of hydrogen-bond acceptors (Lipinski definition) is 2. The first-order valence-electron chi connectivity index (χ1n) is 3.41. The summed E-state index contributed by atoms with van der Waals surface area (Å²) in [6, 6.07) is 0. The van der Waals surface area contributed by atoms with Crippen molar-refractivity contribution in [2.75, 3.05) is 20.6 Å². The molecule has 1 aliphatic rings. The van der Waals surface area contributed by atoms with Crippen molar-refractivity contribution in [2.45, 2.75) is 13.8 Å². The van der Waals surface area contributed by atoms with Crippen LogP contribution in [0.15, 0.2) is 12.3 Å². The van der Waals surface area contributed by atoms with Gasteiger partial charge in [-0.15, -0.1) is 0 Å². The highest BCUT2D eigenvalue weighted by Gasteiger charge is 2.02. The van der Waals surface area contributed by atoms with Crippen molar-refractivity contribution in [2.24, 2.45) is 0 Å². The van der Waals surface area contributed by atoms with E-state index in [-0.39, 0.29) is 0 Å². The summed E-state index contributed by atoms with van der Waals surface area (Å²) in [5.74, 6) is 0. The highest BCUT2D eigenvalue weighted by atomic mass is 15.6. The van der Waals surface area contributed by atoms with Crippen LogP contribution in [0.25, 0.3) is 0 Å². The first kappa shape index (κ1) is 8.50. The van der Waals surface area contributed by atoms with Gasteiger partial charge in [0.25, 0.3) is 0 Å². The molecule has 2 nitrogen and oxygen atoms in total. The van der Waals surface area contributed by atoms with Gasteiger partial charge in [0, 0.05) is 26.8 Å². The Kier molecular flexibility index (Phi) is 4.14. The van der Waals surface area contributed by atoms with Crippen LogP contribution in [0.1, 0.15) is 13.8 Å². The Hall–Kier alpha value is -0.500. The lowest BCUT2D eigenvalue weighted by atomic mass is 10.6. The molecule has 0 fully saturated rings. The first-order chi connectivity index (χ1) is 4.30. The summed E-state index contributed by atoms with van der Waals surface area (Å²) in [6.45, 7) is 5.05. The van der Waals surface area contributed by atoms with Gasteiger partial charge in [-0.2, -0.15) is 0 Å². The van der Waals surface area contributed by atoms with Crippen molar-refractivity contribution in [3.8, 4) is 0 Å². The van der Waals surface area contributed by atoms with E-state index in [4.69, 9.17) is 0 Å². The molecule has 54 valence electrons. The number of nitrogens with zero attached hydrogens (tertiary/aromatic N) is 2. The van der Waals surface area contributed by atoms with E-state index in [1.165, 1.54) is 0 Å². The summed E-state index contributed by atoms with van der Waals surface area (Å²) >= 11 is 0. The molecular weight excluding hydrogens is 112 g/mol. The molecule has 0 radical (unpaired) electrons. The molecule has 0 saturated heterocycles. The fourth-order valence-corrected chi connectivity index (χ4v) is 0.595. The number of hydrogen-bond donors (Lipinski definition) is 0. The molecule has 0 N–H and O–H groups in total. The van der Waals surface area contributed by atoms with Gasteiger partial charge in [-0.05, 0) is 0 Å². The van der Waals surface area contributed by atoms with E-state index in [1.54, 1.807) is 0 Å².